The van der Waals surface area contributed by atoms with Crippen molar-refractivity contribution in [3.8, 4) is 22.3 Å². The Hall–Kier alpha value is -3.73. The highest BCUT2D eigenvalue weighted by Gasteiger charge is 2.21. The number of pyridine rings is 2. The summed E-state index contributed by atoms with van der Waals surface area (Å²) in [5.41, 5.74) is 6.68. The number of carbonyl (C=O) groups excluding carboxylic acids is 1. The maximum atomic E-state index is 12.0. The fraction of sp³-hybridized carbons (Fsp3) is 0.192. The third kappa shape index (κ3) is 4.26. The monoisotopic (exact) mass is 408 g/mol. The molecule has 1 amide bonds. The van der Waals surface area contributed by atoms with Gasteiger partial charge < -0.3 is 9.47 Å². The third-order valence-electron chi connectivity index (χ3n) is 5.82. The van der Waals surface area contributed by atoms with Gasteiger partial charge in [0, 0.05) is 79.1 Å². The maximum absolute atomic E-state index is 12.0. The van der Waals surface area contributed by atoms with E-state index in [4.69, 9.17) is 0 Å². The summed E-state index contributed by atoms with van der Waals surface area (Å²) in [6.45, 7) is 1.74. The van der Waals surface area contributed by atoms with Crippen molar-refractivity contribution in [3.05, 3.63) is 91.3 Å². The number of nitrogens with zero attached hydrogens (tertiary/aromatic N) is 4. The van der Waals surface area contributed by atoms with Crippen molar-refractivity contribution in [2.75, 3.05) is 11.4 Å². The second-order valence-corrected chi connectivity index (χ2v) is 7.90. The molecular weight excluding hydrogens is 384 g/mol. The van der Waals surface area contributed by atoms with Crippen LogP contribution < -0.4 is 4.90 Å². The van der Waals surface area contributed by atoms with E-state index in [-0.39, 0.29) is 5.91 Å². The van der Waals surface area contributed by atoms with E-state index in [1.807, 2.05) is 41.8 Å². The Bertz CT molecular complexity index is 1180. The average Bonchev–Trinajstić information content (AvgIpc) is 3.48. The van der Waals surface area contributed by atoms with Gasteiger partial charge in [-0.15, -0.1) is 0 Å². The molecule has 0 spiro atoms. The highest BCUT2D eigenvalue weighted by Crippen LogP contribution is 2.28. The molecule has 31 heavy (non-hydrogen) atoms. The van der Waals surface area contributed by atoms with Crippen molar-refractivity contribution >= 4 is 11.6 Å². The van der Waals surface area contributed by atoms with Gasteiger partial charge in [0.05, 0.1) is 0 Å². The first-order valence-electron chi connectivity index (χ1n) is 10.7. The summed E-state index contributed by atoms with van der Waals surface area (Å²) >= 11 is 0. The number of aryl methyl sites for hydroxylation is 2. The van der Waals surface area contributed by atoms with E-state index in [0.29, 0.717) is 6.42 Å². The largest absolute Gasteiger partial charge is 0.353 e. The number of hydrogen-bond acceptors (Lipinski definition) is 3. The van der Waals surface area contributed by atoms with E-state index in [9.17, 15) is 4.79 Å². The quantitative estimate of drug-likeness (QED) is 0.452. The van der Waals surface area contributed by atoms with Crippen LogP contribution in [-0.2, 0) is 17.8 Å². The number of aromatic nitrogens is 3. The number of carbonyl (C=O) groups is 1. The predicted octanol–water partition coefficient (Wildman–Crippen LogP) is 4.98. The lowest BCUT2D eigenvalue weighted by Crippen LogP contribution is -2.23. The van der Waals surface area contributed by atoms with E-state index in [0.717, 1.165) is 53.9 Å². The van der Waals surface area contributed by atoms with Crippen LogP contribution >= 0.6 is 0 Å². The minimum atomic E-state index is 0.213. The van der Waals surface area contributed by atoms with Crippen molar-refractivity contribution < 1.29 is 4.79 Å². The highest BCUT2D eigenvalue weighted by atomic mass is 16.2. The van der Waals surface area contributed by atoms with E-state index in [1.165, 1.54) is 5.56 Å². The van der Waals surface area contributed by atoms with Crippen LogP contribution in [0, 0.1) is 0 Å². The van der Waals surface area contributed by atoms with Gasteiger partial charge in [-0.2, -0.15) is 0 Å². The number of hydrogen-bond donors (Lipinski definition) is 0. The molecule has 1 fully saturated rings. The lowest BCUT2D eigenvalue weighted by Gasteiger charge is -2.16. The molecule has 4 heterocycles. The molecule has 1 aromatic carbocycles. The Kier molecular flexibility index (Phi) is 5.31. The van der Waals surface area contributed by atoms with Crippen LogP contribution in [0.5, 0.6) is 0 Å². The van der Waals surface area contributed by atoms with Gasteiger partial charge in [-0.05, 0) is 60.4 Å². The molecule has 0 saturated carbocycles. The molecule has 0 N–H and O–H groups in total. The molecule has 5 nitrogen and oxygen atoms in total. The molecule has 1 aliphatic rings. The molecule has 0 bridgehead atoms. The minimum Gasteiger partial charge on any atom is -0.353 e. The first-order valence-corrected chi connectivity index (χ1v) is 10.7. The van der Waals surface area contributed by atoms with Crippen molar-refractivity contribution in [2.45, 2.75) is 25.8 Å². The summed E-state index contributed by atoms with van der Waals surface area (Å²) in [6, 6.07) is 16.6. The van der Waals surface area contributed by atoms with Gasteiger partial charge in [-0.1, -0.05) is 12.1 Å². The SMILES string of the molecule is O=C1CCCN1c1ccc(-c2cncc(-c3ccn(CCc4ccncc4)c3)c2)cc1. The van der Waals surface area contributed by atoms with E-state index in [2.05, 4.69) is 63.3 Å². The average molecular weight is 409 g/mol. The summed E-state index contributed by atoms with van der Waals surface area (Å²) in [4.78, 5) is 22.4. The Labute approximate surface area is 182 Å². The van der Waals surface area contributed by atoms with Crippen molar-refractivity contribution in [1.29, 1.82) is 0 Å². The van der Waals surface area contributed by atoms with Crippen molar-refractivity contribution in [2.24, 2.45) is 0 Å². The molecule has 154 valence electrons. The van der Waals surface area contributed by atoms with Gasteiger partial charge in [-0.3, -0.25) is 14.8 Å². The van der Waals surface area contributed by atoms with Gasteiger partial charge in [0.2, 0.25) is 5.91 Å². The van der Waals surface area contributed by atoms with Crippen LogP contribution in [0.15, 0.2) is 85.7 Å². The molecule has 0 atom stereocenters. The smallest absolute Gasteiger partial charge is 0.227 e. The Morgan fingerprint density at radius 3 is 2.35 bits per heavy atom. The van der Waals surface area contributed by atoms with Crippen LogP contribution in [-0.4, -0.2) is 27.0 Å². The van der Waals surface area contributed by atoms with E-state index in [1.54, 1.807) is 0 Å². The molecule has 3 aromatic heterocycles. The zero-order valence-corrected chi connectivity index (χ0v) is 17.3. The lowest BCUT2D eigenvalue weighted by molar-refractivity contribution is -0.117. The molecule has 0 aliphatic carbocycles. The van der Waals surface area contributed by atoms with Crippen molar-refractivity contribution in [1.82, 2.24) is 14.5 Å². The summed E-state index contributed by atoms with van der Waals surface area (Å²) in [6.07, 6.45) is 14.3. The molecule has 5 heteroatoms. The second-order valence-electron chi connectivity index (χ2n) is 7.90. The summed E-state index contributed by atoms with van der Waals surface area (Å²) in [5.74, 6) is 0.213. The summed E-state index contributed by atoms with van der Waals surface area (Å²) in [5, 5.41) is 0. The lowest BCUT2D eigenvalue weighted by atomic mass is 10.0. The summed E-state index contributed by atoms with van der Waals surface area (Å²) in [7, 11) is 0. The molecule has 1 aliphatic heterocycles. The summed E-state index contributed by atoms with van der Waals surface area (Å²) < 4.78 is 2.21. The van der Waals surface area contributed by atoms with Crippen LogP contribution in [0.3, 0.4) is 0 Å². The number of benzene rings is 1. The van der Waals surface area contributed by atoms with Crippen molar-refractivity contribution in [3.63, 3.8) is 0 Å². The van der Waals surface area contributed by atoms with Crippen LogP contribution in [0.1, 0.15) is 18.4 Å². The second kappa shape index (κ2) is 8.56. The van der Waals surface area contributed by atoms with Crippen LogP contribution in [0.4, 0.5) is 5.69 Å². The fourth-order valence-corrected chi connectivity index (χ4v) is 4.07. The fourth-order valence-electron chi connectivity index (χ4n) is 4.07. The zero-order valence-electron chi connectivity index (χ0n) is 17.3. The normalized spacial score (nSPS) is 13.7. The molecule has 1 saturated heterocycles. The minimum absolute atomic E-state index is 0.213. The molecule has 5 rings (SSSR count). The Balaban J connectivity index is 1.31. The standard InChI is InChI=1S/C26H24N4O/c31-26-2-1-13-30(26)25-5-3-21(4-6-25)23-16-24(18-28-17-23)22-10-15-29(19-22)14-9-20-7-11-27-12-8-20/h3-8,10-12,15-19H,1-2,9,13-14H2. The van der Waals surface area contributed by atoms with Gasteiger partial charge in [0.15, 0.2) is 0 Å². The van der Waals surface area contributed by atoms with Gasteiger partial charge in [0.25, 0.3) is 0 Å². The number of anilines is 1. The molecule has 0 radical (unpaired) electrons. The van der Waals surface area contributed by atoms with E-state index >= 15 is 0 Å². The van der Waals surface area contributed by atoms with Gasteiger partial charge >= 0.3 is 0 Å². The molecule has 4 aromatic rings. The van der Waals surface area contributed by atoms with E-state index < -0.39 is 0 Å². The first-order chi connectivity index (χ1) is 15.3. The zero-order chi connectivity index (χ0) is 21.0. The first kappa shape index (κ1) is 19.2. The maximum Gasteiger partial charge on any atom is 0.227 e. The highest BCUT2D eigenvalue weighted by molar-refractivity contribution is 5.95. The van der Waals surface area contributed by atoms with Crippen LogP contribution in [0.2, 0.25) is 0 Å². The van der Waals surface area contributed by atoms with Gasteiger partial charge in [0.1, 0.15) is 0 Å². The number of amides is 1. The molecule has 0 unspecified atom stereocenters. The Morgan fingerprint density at radius 1 is 0.839 bits per heavy atom. The van der Waals surface area contributed by atoms with Gasteiger partial charge in [-0.25, -0.2) is 0 Å². The number of rotatable bonds is 6. The molecular formula is C26H24N4O. The Morgan fingerprint density at radius 2 is 1.61 bits per heavy atom. The third-order valence-corrected chi connectivity index (χ3v) is 5.82. The topological polar surface area (TPSA) is 51.0 Å². The van der Waals surface area contributed by atoms with Crippen LogP contribution in [0.25, 0.3) is 22.3 Å². The predicted molar refractivity (Wildman–Crippen MR) is 123 cm³/mol.